The maximum absolute atomic E-state index is 13.4. The van der Waals surface area contributed by atoms with Crippen molar-refractivity contribution in [2.45, 2.75) is 37.9 Å². The zero-order valence-electron chi connectivity index (χ0n) is 17.4. The summed E-state index contributed by atoms with van der Waals surface area (Å²) < 4.78 is 41.9. The van der Waals surface area contributed by atoms with Gasteiger partial charge in [0.1, 0.15) is 0 Å². The van der Waals surface area contributed by atoms with Crippen molar-refractivity contribution in [3.8, 4) is 0 Å². The molecule has 1 aliphatic heterocycles. The maximum atomic E-state index is 13.4. The highest BCUT2D eigenvalue weighted by atomic mass is 79.9. The molecule has 1 amide bonds. The van der Waals surface area contributed by atoms with E-state index in [0.717, 1.165) is 33.7 Å². The Labute approximate surface area is 197 Å². The lowest BCUT2D eigenvalue weighted by Gasteiger charge is -2.45. The third-order valence-corrected chi connectivity index (χ3v) is 7.17. The van der Waals surface area contributed by atoms with Crippen LogP contribution in [0.15, 0.2) is 51.4 Å². The van der Waals surface area contributed by atoms with Crippen LogP contribution < -0.4 is 5.32 Å². The molecule has 0 radical (unpaired) electrons. The summed E-state index contributed by atoms with van der Waals surface area (Å²) in [6.45, 7) is 3.64. The van der Waals surface area contributed by atoms with Gasteiger partial charge in [0.05, 0.1) is 5.56 Å². The van der Waals surface area contributed by atoms with Gasteiger partial charge in [-0.2, -0.15) is 13.2 Å². The van der Waals surface area contributed by atoms with Crippen LogP contribution in [0.1, 0.15) is 36.5 Å². The number of hydrogen-bond donors (Lipinski definition) is 1. The average Bonchev–Trinajstić information content (AvgIpc) is 2.71. The number of nitrogens with zero attached hydrogens (tertiary/aromatic N) is 1. The largest absolute Gasteiger partial charge is 0.416 e. The third-order valence-electron chi connectivity index (χ3n) is 6.26. The summed E-state index contributed by atoms with van der Waals surface area (Å²) in [5, 5.41) is 2.98. The lowest BCUT2D eigenvalue weighted by Crippen LogP contribution is -2.49. The van der Waals surface area contributed by atoms with Crippen LogP contribution in [0.3, 0.4) is 0 Å². The predicted molar refractivity (Wildman–Crippen MR) is 123 cm³/mol. The van der Waals surface area contributed by atoms with E-state index in [1.165, 1.54) is 12.1 Å². The van der Waals surface area contributed by atoms with E-state index in [2.05, 4.69) is 42.1 Å². The summed E-state index contributed by atoms with van der Waals surface area (Å²) >= 11 is 6.88. The number of hydrogen-bond acceptors (Lipinski definition) is 2. The fraction of sp³-hybridized carbons (Fsp3) is 0.435. The monoisotopic (exact) mass is 560 g/mol. The van der Waals surface area contributed by atoms with Crippen molar-refractivity contribution in [1.82, 2.24) is 10.2 Å². The quantitative estimate of drug-likeness (QED) is 0.475. The van der Waals surface area contributed by atoms with Crippen molar-refractivity contribution in [2.75, 3.05) is 20.1 Å². The number of piperidine rings is 1. The third kappa shape index (κ3) is 5.71. The molecule has 0 bridgehead atoms. The molecule has 3 rings (SSSR count). The van der Waals surface area contributed by atoms with Gasteiger partial charge in [-0.25, -0.2) is 0 Å². The molecule has 1 unspecified atom stereocenters. The van der Waals surface area contributed by atoms with Crippen LogP contribution >= 0.6 is 31.9 Å². The minimum atomic E-state index is -4.41. The van der Waals surface area contributed by atoms with E-state index in [1.54, 1.807) is 6.07 Å². The first-order valence-electron chi connectivity index (χ1n) is 10.1. The summed E-state index contributed by atoms with van der Waals surface area (Å²) in [4.78, 5) is 15.3. The fourth-order valence-corrected chi connectivity index (χ4v) is 5.69. The average molecular weight is 562 g/mol. The van der Waals surface area contributed by atoms with Crippen molar-refractivity contribution in [1.29, 1.82) is 0 Å². The summed E-state index contributed by atoms with van der Waals surface area (Å²) in [7, 11) is 1.99. The van der Waals surface area contributed by atoms with Crippen LogP contribution in [0.2, 0.25) is 0 Å². The minimum absolute atomic E-state index is 0.155. The number of likely N-dealkylation sites (tertiary alicyclic amines) is 1. The first-order valence-corrected chi connectivity index (χ1v) is 11.7. The molecule has 8 heteroatoms. The number of halogens is 5. The molecule has 1 atom stereocenters. The molecule has 1 aliphatic rings. The molecule has 1 heterocycles. The molecule has 0 saturated carbocycles. The van der Waals surface area contributed by atoms with Gasteiger partial charge in [0.25, 0.3) is 0 Å². The number of alkyl halides is 3. The van der Waals surface area contributed by atoms with Gasteiger partial charge in [-0.3, -0.25) is 4.79 Å². The Morgan fingerprint density at radius 3 is 2.32 bits per heavy atom. The Morgan fingerprint density at radius 2 is 1.74 bits per heavy atom. The highest BCUT2D eigenvalue weighted by Crippen LogP contribution is 2.43. The molecule has 1 saturated heterocycles. The standard InChI is InChI=1S/C23H25Br2F3N2O/c1-15(21(31)29-14-16-10-19(24)13-20(25)11-16)22(6-8-30(2)9-7-22)17-4-3-5-18(12-17)23(26,27)28/h3-5,10-13,15H,6-9,14H2,1-2H3,(H,29,31). The van der Waals surface area contributed by atoms with E-state index in [9.17, 15) is 18.0 Å². The Bertz CT molecular complexity index is 920. The van der Waals surface area contributed by atoms with Crippen LogP contribution in [-0.4, -0.2) is 30.9 Å². The first kappa shape index (κ1) is 24.3. The van der Waals surface area contributed by atoms with Crippen LogP contribution in [0.4, 0.5) is 13.2 Å². The Morgan fingerprint density at radius 1 is 1.13 bits per heavy atom. The van der Waals surface area contributed by atoms with E-state index in [4.69, 9.17) is 0 Å². The van der Waals surface area contributed by atoms with Crippen molar-refractivity contribution in [3.05, 3.63) is 68.1 Å². The summed E-state index contributed by atoms with van der Waals surface area (Å²) in [5.74, 6) is -0.627. The molecule has 1 fully saturated rings. The second-order valence-electron chi connectivity index (χ2n) is 8.26. The van der Waals surface area contributed by atoms with Crippen LogP contribution in [0.25, 0.3) is 0 Å². The van der Waals surface area contributed by atoms with Crippen LogP contribution in [0, 0.1) is 5.92 Å². The molecule has 2 aromatic rings. The van der Waals surface area contributed by atoms with Gasteiger partial charge in [0.15, 0.2) is 0 Å². The zero-order chi connectivity index (χ0) is 22.8. The molecule has 0 spiro atoms. The normalized spacial score (nSPS) is 17.9. The molecule has 31 heavy (non-hydrogen) atoms. The van der Waals surface area contributed by atoms with Crippen LogP contribution in [-0.2, 0) is 22.9 Å². The van der Waals surface area contributed by atoms with Crippen molar-refractivity contribution in [3.63, 3.8) is 0 Å². The molecule has 0 aliphatic carbocycles. The lowest BCUT2D eigenvalue weighted by atomic mass is 9.64. The van der Waals surface area contributed by atoms with Crippen molar-refractivity contribution in [2.24, 2.45) is 5.92 Å². The Hall–Kier alpha value is -1.38. The van der Waals surface area contributed by atoms with Gasteiger partial charge >= 0.3 is 6.18 Å². The van der Waals surface area contributed by atoms with E-state index in [-0.39, 0.29) is 5.91 Å². The van der Waals surface area contributed by atoms with Crippen LogP contribution in [0.5, 0.6) is 0 Å². The predicted octanol–water partition coefficient (Wildman–Crippen LogP) is 6.15. The fourth-order valence-electron chi connectivity index (χ4n) is 4.30. The number of nitrogens with one attached hydrogen (secondary N) is 1. The summed E-state index contributed by atoms with van der Waals surface area (Å²) in [5.41, 5.74) is 0.201. The first-order chi connectivity index (χ1) is 14.5. The van der Waals surface area contributed by atoms with E-state index < -0.39 is 23.1 Å². The second kappa shape index (κ2) is 9.63. The second-order valence-corrected chi connectivity index (χ2v) is 10.1. The number of carbonyl (C=O) groups excluding carboxylic acids is 1. The summed E-state index contributed by atoms with van der Waals surface area (Å²) in [6, 6.07) is 11.2. The van der Waals surface area contributed by atoms with Gasteiger partial charge < -0.3 is 10.2 Å². The lowest BCUT2D eigenvalue weighted by molar-refractivity contribution is -0.137. The zero-order valence-corrected chi connectivity index (χ0v) is 20.6. The molecular weight excluding hydrogens is 537 g/mol. The maximum Gasteiger partial charge on any atom is 0.416 e. The van der Waals surface area contributed by atoms with E-state index in [0.29, 0.717) is 24.9 Å². The van der Waals surface area contributed by atoms with Gasteiger partial charge in [-0.1, -0.05) is 57.0 Å². The van der Waals surface area contributed by atoms with Crippen molar-refractivity contribution < 1.29 is 18.0 Å². The smallest absolute Gasteiger partial charge is 0.352 e. The molecular formula is C23H25Br2F3N2O. The van der Waals surface area contributed by atoms with Gasteiger partial charge in [-0.05, 0) is 68.4 Å². The Kier molecular flexibility index (Phi) is 7.54. The Balaban J connectivity index is 1.87. The van der Waals surface area contributed by atoms with Gasteiger partial charge in [0.2, 0.25) is 5.91 Å². The number of benzene rings is 2. The van der Waals surface area contributed by atoms with Gasteiger partial charge in [0, 0.05) is 26.8 Å². The highest BCUT2D eigenvalue weighted by molar-refractivity contribution is 9.11. The number of rotatable bonds is 5. The SMILES string of the molecule is CC(C(=O)NCc1cc(Br)cc(Br)c1)C1(c2cccc(C(F)(F)F)c2)CCN(C)CC1. The number of carbonyl (C=O) groups is 1. The molecule has 168 valence electrons. The molecule has 2 aromatic carbocycles. The molecule has 0 aromatic heterocycles. The molecule has 3 nitrogen and oxygen atoms in total. The highest BCUT2D eigenvalue weighted by Gasteiger charge is 2.44. The van der Waals surface area contributed by atoms with Gasteiger partial charge in [-0.15, -0.1) is 0 Å². The molecule has 1 N–H and O–H groups in total. The van der Waals surface area contributed by atoms with E-state index in [1.807, 2.05) is 32.2 Å². The topological polar surface area (TPSA) is 32.3 Å². The summed E-state index contributed by atoms with van der Waals surface area (Å²) in [6.07, 6.45) is -3.16. The minimum Gasteiger partial charge on any atom is -0.352 e. The van der Waals surface area contributed by atoms with Crippen molar-refractivity contribution >= 4 is 37.8 Å². The van der Waals surface area contributed by atoms with E-state index >= 15 is 0 Å². The number of amides is 1.